The summed E-state index contributed by atoms with van der Waals surface area (Å²) in [5.41, 5.74) is 2.63. The molecule has 0 N–H and O–H groups in total. The van der Waals surface area contributed by atoms with E-state index in [2.05, 4.69) is 18.2 Å². The highest BCUT2D eigenvalue weighted by Gasteiger charge is 2.25. The highest BCUT2D eigenvalue weighted by atomic mass is 16.1. The summed E-state index contributed by atoms with van der Waals surface area (Å²) in [6.45, 7) is 1.66. The van der Waals surface area contributed by atoms with Crippen molar-refractivity contribution in [2.24, 2.45) is 0 Å². The van der Waals surface area contributed by atoms with Gasteiger partial charge in [0.1, 0.15) is 5.78 Å². The average Bonchev–Trinajstić information content (AvgIpc) is 2.87. The summed E-state index contributed by atoms with van der Waals surface area (Å²) >= 11 is 0. The van der Waals surface area contributed by atoms with E-state index in [4.69, 9.17) is 0 Å². The Labute approximate surface area is 78.8 Å². The highest BCUT2D eigenvalue weighted by molar-refractivity contribution is 5.78. The maximum atomic E-state index is 11.0. The van der Waals surface area contributed by atoms with Gasteiger partial charge in [-0.15, -0.1) is 0 Å². The van der Waals surface area contributed by atoms with Crippen molar-refractivity contribution in [1.82, 2.24) is 0 Å². The van der Waals surface area contributed by atoms with E-state index in [-0.39, 0.29) is 5.78 Å². The first-order valence-corrected chi connectivity index (χ1v) is 4.84. The topological polar surface area (TPSA) is 17.1 Å². The van der Waals surface area contributed by atoms with Crippen molar-refractivity contribution >= 4 is 5.78 Å². The van der Waals surface area contributed by atoms with Crippen LogP contribution in [-0.4, -0.2) is 5.78 Å². The quantitative estimate of drug-likeness (QED) is 0.688. The van der Waals surface area contributed by atoms with Gasteiger partial charge in [0.25, 0.3) is 0 Å². The van der Waals surface area contributed by atoms with Gasteiger partial charge in [0.05, 0.1) is 0 Å². The van der Waals surface area contributed by atoms with Crippen LogP contribution in [0.25, 0.3) is 0 Å². The van der Waals surface area contributed by atoms with E-state index >= 15 is 0 Å². The van der Waals surface area contributed by atoms with Gasteiger partial charge < -0.3 is 0 Å². The molecular weight excluding hydrogens is 160 g/mol. The van der Waals surface area contributed by atoms with Crippen LogP contribution in [0, 0.1) is 0 Å². The van der Waals surface area contributed by atoms with Crippen molar-refractivity contribution in [3.8, 4) is 0 Å². The number of Topliss-reactive ketones (excluding diaryl/α,β-unsaturated/α-hetero) is 1. The number of hydrogen-bond acceptors (Lipinski definition) is 1. The van der Waals surface area contributed by atoms with Crippen LogP contribution < -0.4 is 0 Å². The van der Waals surface area contributed by atoms with E-state index in [1.54, 1.807) is 6.92 Å². The predicted octanol–water partition coefficient (Wildman–Crippen LogP) is 2.70. The summed E-state index contributed by atoms with van der Waals surface area (Å²) in [7, 11) is 0. The Morgan fingerprint density at radius 2 is 2.08 bits per heavy atom. The molecule has 0 amide bonds. The third kappa shape index (κ3) is 1.97. The molecule has 0 saturated heterocycles. The molecule has 1 saturated carbocycles. The minimum atomic E-state index is 0.258. The lowest BCUT2D eigenvalue weighted by Crippen LogP contribution is -1.99. The third-order valence-electron chi connectivity index (χ3n) is 2.51. The smallest absolute Gasteiger partial charge is 0.134 e. The van der Waals surface area contributed by atoms with Gasteiger partial charge in [-0.1, -0.05) is 24.3 Å². The van der Waals surface area contributed by atoms with Gasteiger partial charge in [0.15, 0.2) is 0 Å². The molecule has 0 unspecified atom stereocenters. The molecule has 0 bridgehead atoms. The molecule has 1 aromatic carbocycles. The number of rotatable bonds is 3. The summed E-state index contributed by atoms with van der Waals surface area (Å²) < 4.78 is 0. The fourth-order valence-electron chi connectivity index (χ4n) is 1.76. The Morgan fingerprint density at radius 3 is 2.69 bits per heavy atom. The van der Waals surface area contributed by atoms with Crippen molar-refractivity contribution in [2.45, 2.75) is 32.1 Å². The normalized spacial score (nSPS) is 15.8. The maximum Gasteiger partial charge on any atom is 0.134 e. The van der Waals surface area contributed by atoms with Crippen LogP contribution in [0.3, 0.4) is 0 Å². The monoisotopic (exact) mass is 174 g/mol. The molecule has 0 heterocycles. The van der Waals surface area contributed by atoms with Gasteiger partial charge in [0, 0.05) is 6.42 Å². The van der Waals surface area contributed by atoms with E-state index in [0.717, 1.165) is 5.92 Å². The summed E-state index contributed by atoms with van der Waals surface area (Å²) in [5.74, 6) is 1.00. The largest absolute Gasteiger partial charge is 0.300 e. The molecule has 0 radical (unpaired) electrons. The number of ketones is 1. The first kappa shape index (κ1) is 8.49. The van der Waals surface area contributed by atoms with Crippen LogP contribution in [-0.2, 0) is 11.2 Å². The predicted molar refractivity (Wildman–Crippen MR) is 52.8 cm³/mol. The molecule has 0 aliphatic heterocycles. The lowest BCUT2D eigenvalue weighted by molar-refractivity contribution is -0.116. The Balaban J connectivity index is 2.26. The molecule has 2 rings (SSSR count). The van der Waals surface area contributed by atoms with Crippen molar-refractivity contribution < 1.29 is 4.79 Å². The van der Waals surface area contributed by atoms with Crippen LogP contribution >= 0.6 is 0 Å². The van der Waals surface area contributed by atoms with Gasteiger partial charge >= 0.3 is 0 Å². The SMILES string of the molecule is CC(=O)Cc1ccccc1C1CC1. The molecule has 68 valence electrons. The lowest BCUT2D eigenvalue weighted by Gasteiger charge is -2.05. The van der Waals surface area contributed by atoms with Gasteiger partial charge in [-0.2, -0.15) is 0 Å². The molecule has 1 aliphatic rings. The molecule has 13 heavy (non-hydrogen) atoms. The molecule has 1 nitrogen and oxygen atoms in total. The summed E-state index contributed by atoms with van der Waals surface area (Å²) in [6, 6.07) is 8.33. The second-order valence-corrected chi connectivity index (χ2v) is 3.85. The Hall–Kier alpha value is -1.11. The van der Waals surface area contributed by atoms with Crippen LogP contribution in [0.2, 0.25) is 0 Å². The van der Waals surface area contributed by atoms with E-state index in [1.165, 1.54) is 24.0 Å². The summed E-state index contributed by atoms with van der Waals surface area (Å²) in [5, 5.41) is 0. The number of hydrogen-bond donors (Lipinski definition) is 0. The molecular formula is C12H14O. The second-order valence-electron chi connectivity index (χ2n) is 3.85. The fraction of sp³-hybridized carbons (Fsp3) is 0.417. The summed E-state index contributed by atoms with van der Waals surface area (Å²) in [6.07, 6.45) is 3.20. The Morgan fingerprint density at radius 1 is 1.38 bits per heavy atom. The zero-order valence-electron chi connectivity index (χ0n) is 7.92. The van der Waals surface area contributed by atoms with E-state index < -0.39 is 0 Å². The first-order valence-electron chi connectivity index (χ1n) is 4.84. The Bertz CT molecular complexity index is 324. The van der Waals surface area contributed by atoms with Crippen LogP contribution in [0.4, 0.5) is 0 Å². The van der Waals surface area contributed by atoms with Crippen molar-refractivity contribution in [3.05, 3.63) is 35.4 Å². The Kier molecular flexibility index (Phi) is 2.17. The van der Waals surface area contributed by atoms with Crippen molar-refractivity contribution in [3.63, 3.8) is 0 Å². The number of carbonyl (C=O) groups is 1. The molecule has 1 aliphatic carbocycles. The lowest BCUT2D eigenvalue weighted by atomic mass is 9.99. The van der Waals surface area contributed by atoms with Gasteiger partial charge in [0.2, 0.25) is 0 Å². The molecule has 1 fully saturated rings. The van der Waals surface area contributed by atoms with Crippen molar-refractivity contribution in [2.75, 3.05) is 0 Å². The highest BCUT2D eigenvalue weighted by Crippen LogP contribution is 2.41. The number of benzene rings is 1. The molecule has 0 spiro atoms. The standard InChI is InChI=1S/C12H14O/c1-9(13)8-11-4-2-3-5-12(11)10-6-7-10/h2-5,10H,6-8H2,1H3. The molecule has 1 aromatic rings. The first-order chi connectivity index (χ1) is 6.27. The fourth-order valence-corrected chi connectivity index (χ4v) is 1.76. The zero-order valence-corrected chi connectivity index (χ0v) is 7.92. The van der Waals surface area contributed by atoms with E-state index in [9.17, 15) is 4.79 Å². The average molecular weight is 174 g/mol. The minimum Gasteiger partial charge on any atom is -0.300 e. The number of carbonyl (C=O) groups excluding carboxylic acids is 1. The van der Waals surface area contributed by atoms with E-state index in [1.807, 2.05) is 6.07 Å². The van der Waals surface area contributed by atoms with Gasteiger partial charge in [-0.3, -0.25) is 4.79 Å². The zero-order chi connectivity index (χ0) is 9.26. The van der Waals surface area contributed by atoms with Crippen molar-refractivity contribution in [1.29, 1.82) is 0 Å². The molecule has 0 atom stereocenters. The molecule has 1 heteroatoms. The maximum absolute atomic E-state index is 11.0. The molecule has 0 aromatic heterocycles. The van der Waals surface area contributed by atoms with Gasteiger partial charge in [-0.25, -0.2) is 0 Å². The van der Waals surface area contributed by atoms with Crippen LogP contribution in [0.15, 0.2) is 24.3 Å². The van der Waals surface area contributed by atoms with Crippen LogP contribution in [0.1, 0.15) is 36.8 Å². The second kappa shape index (κ2) is 3.33. The minimum absolute atomic E-state index is 0.258. The van der Waals surface area contributed by atoms with Crippen LogP contribution in [0.5, 0.6) is 0 Å². The van der Waals surface area contributed by atoms with Gasteiger partial charge in [-0.05, 0) is 36.8 Å². The third-order valence-corrected chi connectivity index (χ3v) is 2.51. The summed E-state index contributed by atoms with van der Waals surface area (Å²) in [4.78, 5) is 11.0. The van der Waals surface area contributed by atoms with E-state index in [0.29, 0.717) is 6.42 Å².